The molecule has 0 amide bonds. The number of nitrogens with one attached hydrogen (secondary N) is 1. The molecule has 2 aromatic carbocycles. The standard InChI is InChI=1S/C17H18N4/c1-12(14-8-6-13(10-18)7-9-14)20-17-16-5-3-2-4-15(16)11-19-21-17/h2-9,11-12H,10,18H2,1H3,(H,20,21). The summed E-state index contributed by atoms with van der Waals surface area (Å²) in [6.45, 7) is 2.68. The highest BCUT2D eigenvalue weighted by atomic mass is 15.2. The normalized spacial score (nSPS) is 12.3. The van der Waals surface area contributed by atoms with E-state index >= 15 is 0 Å². The van der Waals surface area contributed by atoms with Crippen LogP contribution in [0.5, 0.6) is 0 Å². The second kappa shape index (κ2) is 5.89. The maximum atomic E-state index is 5.63. The molecule has 3 aromatic rings. The van der Waals surface area contributed by atoms with Gasteiger partial charge >= 0.3 is 0 Å². The minimum atomic E-state index is 0.150. The van der Waals surface area contributed by atoms with Crippen molar-refractivity contribution in [2.75, 3.05) is 5.32 Å². The molecule has 1 atom stereocenters. The number of benzene rings is 2. The summed E-state index contributed by atoms with van der Waals surface area (Å²) in [4.78, 5) is 0. The number of nitrogens with two attached hydrogens (primary N) is 1. The molecule has 1 aromatic heterocycles. The van der Waals surface area contributed by atoms with Crippen molar-refractivity contribution in [2.45, 2.75) is 19.5 Å². The molecule has 0 aliphatic carbocycles. The molecule has 3 N–H and O–H groups in total. The predicted molar refractivity (Wildman–Crippen MR) is 85.9 cm³/mol. The Bertz CT molecular complexity index is 732. The Labute approximate surface area is 124 Å². The topological polar surface area (TPSA) is 63.8 Å². The Hall–Kier alpha value is -2.46. The first-order valence-corrected chi connectivity index (χ1v) is 7.04. The Morgan fingerprint density at radius 1 is 1.10 bits per heavy atom. The summed E-state index contributed by atoms with van der Waals surface area (Å²) in [5.41, 5.74) is 7.96. The molecule has 0 bridgehead atoms. The second-order valence-corrected chi connectivity index (χ2v) is 5.09. The molecule has 0 saturated carbocycles. The highest BCUT2D eigenvalue weighted by Crippen LogP contribution is 2.24. The summed E-state index contributed by atoms with van der Waals surface area (Å²) in [6, 6.07) is 16.6. The van der Waals surface area contributed by atoms with Crippen molar-refractivity contribution in [1.82, 2.24) is 10.2 Å². The lowest BCUT2D eigenvalue weighted by atomic mass is 10.1. The van der Waals surface area contributed by atoms with Crippen LogP contribution in [0, 0.1) is 0 Å². The minimum Gasteiger partial charge on any atom is -0.362 e. The number of aromatic nitrogens is 2. The lowest BCUT2D eigenvalue weighted by molar-refractivity contribution is 0.863. The van der Waals surface area contributed by atoms with Gasteiger partial charge in [0.1, 0.15) is 0 Å². The molecule has 0 aliphatic rings. The van der Waals surface area contributed by atoms with Crippen molar-refractivity contribution in [2.24, 2.45) is 5.73 Å². The van der Waals surface area contributed by atoms with Gasteiger partial charge in [-0.25, -0.2) is 0 Å². The SMILES string of the molecule is CC(Nc1nncc2ccccc12)c1ccc(CN)cc1. The third kappa shape index (κ3) is 2.85. The molecule has 4 heteroatoms. The number of rotatable bonds is 4. The number of nitrogens with zero attached hydrogens (tertiary/aromatic N) is 2. The molecule has 3 rings (SSSR count). The number of anilines is 1. The van der Waals surface area contributed by atoms with Crippen LogP contribution in [0.3, 0.4) is 0 Å². The van der Waals surface area contributed by atoms with E-state index in [-0.39, 0.29) is 6.04 Å². The monoisotopic (exact) mass is 278 g/mol. The fraction of sp³-hybridized carbons (Fsp3) is 0.176. The van der Waals surface area contributed by atoms with E-state index in [1.807, 2.05) is 18.2 Å². The zero-order valence-electron chi connectivity index (χ0n) is 12.0. The van der Waals surface area contributed by atoms with E-state index in [4.69, 9.17) is 5.73 Å². The molecule has 0 saturated heterocycles. The molecule has 21 heavy (non-hydrogen) atoms. The van der Waals surface area contributed by atoms with E-state index in [1.165, 1.54) is 5.56 Å². The molecule has 0 aliphatic heterocycles. The second-order valence-electron chi connectivity index (χ2n) is 5.09. The first-order valence-electron chi connectivity index (χ1n) is 7.04. The van der Waals surface area contributed by atoms with Crippen LogP contribution >= 0.6 is 0 Å². The maximum Gasteiger partial charge on any atom is 0.157 e. The minimum absolute atomic E-state index is 0.150. The predicted octanol–water partition coefficient (Wildman–Crippen LogP) is 3.26. The average Bonchev–Trinajstić information content (AvgIpc) is 2.55. The van der Waals surface area contributed by atoms with Crippen LogP contribution in [0.1, 0.15) is 24.1 Å². The van der Waals surface area contributed by atoms with Gasteiger partial charge in [-0.15, -0.1) is 5.10 Å². The van der Waals surface area contributed by atoms with Crippen LogP contribution in [0.4, 0.5) is 5.82 Å². The first kappa shape index (κ1) is 13.5. The van der Waals surface area contributed by atoms with Gasteiger partial charge in [0.05, 0.1) is 12.2 Å². The van der Waals surface area contributed by atoms with Crippen molar-refractivity contribution in [3.8, 4) is 0 Å². The summed E-state index contributed by atoms with van der Waals surface area (Å²) in [6.07, 6.45) is 1.78. The Morgan fingerprint density at radius 3 is 2.62 bits per heavy atom. The van der Waals surface area contributed by atoms with Gasteiger partial charge in [0.25, 0.3) is 0 Å². The van der Waals surface area contributed by atoms with Gasteiger partial charge in [-0.05, 0) is 18.1 Å². The molecule has 0 spiro atoms. The molecule has 1 unspecified atom stereocenters. The van der Waals surface area contributed by atoms with Crippen LogP contribution in [0.15, 0.2) is 54.7 Å². The summed E-state index contributed by atoms with van der Waals surface area (Å²) in [5.74, 6) is 0.809. The van der Waals surface area contributed by atoms with Crippen LogP contribution in [0.25, 0.3) is 10.8 Å². The van der Waals surface area contributed by atoms with E-state index in [9.17, 15) is 0 Å². The summed E-state index contributed by atoms with van der Waals surface area (Å²) >= 11 is 0. The van der Waals surface area contributed by atoms with E-state index in [0.29, 0.717) is 6.54 Å². The number of hydrogen-bond donors (Lipinski definition) is 2. The Balaban J connectivity index is 1.87. The van der Waals surface area contributed by atoms with Crippen molar-refractivity contribution in [3.63, 3.8) is 0 Å². The van der Waals surface area contributed by atoms with Gasteiger partial charge in [-0.3, -0.25) is 0 Å². The molecule has 0 radical (unpaired) electrons. The fourth-order valence-electron chi connectivity index (χ4n) is 2.37. The third-order valence-electron chi connectivity index (χ3n) is 3.64. The molecule has 1 heterocycles. The molecule has 4 nitrogen and oxygen atoms in total. The van der Waals surface area contributed by atoms with E-state index < -0.39 is 0 Å². The smallest absolute Gasteiger partial charge is 0.157 e. The van der Waals surface area contributed by atoms with Crippen molar-refractivity contribution in [3.05, 3.63) is 65.9 Å². The van der Waals surface area contributed by atoms with Crippen molar-refractivity contribution < 1.29 is 0 Å². The van der Waals surface area contributed by atoms with Crippen molar-refractivity contribution >= 4 is 16.6 Å². The Morgan fingerprint density at radius 2 is 1.86 bits per heavy atom. The van der Waals surface area contributed by atoms with Gasteiger partial charge in [-0.2, -0.15) is 5.10 Å². The van der Waals surface area contributed by atoms with E-state index in [0.717, 1.165) is 22.2 Å². The molecule has 106 valence electrons. The lowest BCUT2D eigenvalue weighted by Gasteiger charge is -2.16. The summed E-state index contributed by atoms with van der Waals surface area (Å²) < 4.78 is 0. The zero-order valence-corrected chi connectivity index (χ0v) is 12.0. The largest absolute Gasteiger partial charge is 0.362 e. The Kier molecular flexibility index (Phi) is 3.79. The fourth-order valence-corrected chi connectivity index (χ4v) is 2.37. The lowest BCUT2D eigenvalue weighted by Crippen LogP contribution is -2.09. The number of fused-ring (bicyclic) bond motifs is 1. The van der Waals surface area contributed by atoms with Gasteiger partial charge in [-0.1, -0.05) is 48.5 Å². The van der Waals surface area contributed by atoms with Gasteiger partial charge in [0.2, 0.25) is 0 Å². The molecular formula is C17H18N4. The average molecular weight is 278 g/mol. The zero-order chi connectivity index (χ0) is 14.7. The molecular weight excluding hydrogens is 260 g/mol. The first-order chi connectivity index (χ1) is 10.3. The van der Waals surface area contributed by atoms with Gasteiger partial charge in [0, 0.05) is 17.3 Å². The van der Waals surface area contributed by atoms with E-state index in [2.05, 4.69) is 52.8 Å². The number of hydrogen-bond acceptors (Lipinski definition) is 4. The van der Waals surface area contributed by atoms with Crippen LogP contribution < -0.4 is 11.1 Å². The maximum absolute atomic E-state index is 5.63. The van der Waals surface area contributed by atoms with Crippen molar-refractivity contribution in [1.29, 1.82) is 0 Å². The summed E-state index contributed by atoms with van der Waals surface area (Å²) in [7, 11) is 0. The molecule has 0 fully saturated rings. The highest BCUT2D eigenvalue weighted by Gasteiger charge is 2.09. The van der Waals surface area contributed by atoms with Crippen LogP contribution in [0.2, 0.25) is 0 Å². The van der Waals surface area contributed by atoms with E-state index in [1.54, 1.807) is 6.20 Å². The highest BCUT2D eigenvalue weighted by molar-refractivity contribution is 5.90. The van der Waals surface area contributed by atoms with Gasteiger partial charge in [0.15, 0.2) is 5.82 Å². The van der Waals surface area contributed by atoms with Crippen LogP contribution in [-0.2, 0) is 6.54 Å². The third-order valence-corrected chi connectivity index (χ3v) is 3.64. The van der Waals surface area contributed by atoms with Gasteiger partial charge < -0.3 is 11.1 Å². The van der Waals surface area contributed by atoms with Crippen LogP contribution in [-0.4, -0.2) is 10.2 Å². The quantitative estimate of drug-likeness (QED) is 0.769. The summed E-state index contributed by atoms with van der Waals surface area (Å²) in [5, 5.41) is 13.9.